The van der Waals surface area contributed by atoms with Gasteiger partial charge >= 0.3 is 0 Å². The van der Waals surface area contributed by atoms with Gasteiger partial charge in [-0.05, 0) is 47.0 Å². The minimum absolute atomic E-state index is 0.0823. The molecule has 0 saturated carbocycles. The summed E-state index contributed by atoms with van der Waals surface area (Å²) >= 11 is 3.26. The Balaban J connectivity index is 3.07. The van der Waals surface area contributed by atoms with Gasteiger partial charge in [0.05, 0.1) is 4.90 Å². The summed E-state index contributed by atoms with van der Waals surface area (Å²) in [6.07, 6.45) is 0.748. The fourth-order valence-corrected chi connectivity index (χ4v) is 3.75. The topological polar surface area (TPSA) is 72.2 Å². The number of rotatable bonds is 5. The quantitative estimate of drug-likeness (QED) is 0.871. The molecule has 0 aliphatic heterocycles. The van der Waals surface area contributed by atoms with Gasteiger partial charge in [0, 0.05) is 17.1 Å². The summed E-state index contributed by atoms with van der Waals surface area (Å²) in [4.78, 5) is 0.245. The molecule has 0 radical (unpaired) electrons. The standard InChI is InChI=1S/C11H17BrN2O2S/c1-3-8(2)14-17(15,16)11-5-4-9(7-13)6-10(11)12/h4-6,8,14H,3,7,13H2,1-2H3. The maximum absolute atomic E-state index is 12.0. The van der Waals surface area contributed by atoms with Gasteiger partial charge in [-0.15, -0.1) is 0 Å². The van der Waals surface area contributed by atoms with E-state index >= 15 is 0 Å². The minimum Gasteiger partial charge on any atom is -0.326 e. The zero-order chi connectivity index (χ0) is 13.1. The second-order valence-corrected chi connectivity index (χ2v) is 6.44. The first-order chi connectivity index (χ1) is 7.90. The number of hydrogen-bond acceptors (Lipinski definition) is 3. The first-order valence-electron chi connectivity index (χ1n) is 5.41. The average molecular weight is 321 g/mol. The molecule has 96 valence electrons. The predicted molar refractivity (Wildman–Crippen MR) is 72.1 cm³/mol. The van der Waals surface area contributed by atoms with E-state index in [2.05, 4.69) is 20.7 Å². The van der Waals surface area contributed by atoms with Gasteiger partial charge in [0.1, 0.15) is 0 Å². The van der Waals surface area contributed by atoms with Gasteiger partial charge in [0.2, 0.25) is 10.0 Å². The third kappa shape index (κ3) is 3.77. The highest BCUT2D eigenvalue weighted by atomic mass is 79.9. The number of nitrogens with one attached hydrogen (secondary N) is 1. The number of sulfonamides is 1. The van der Waals surface area contributed by atoms with Crippen molar-refractivity contribution in [2.24, 2.45) is 5.73 Å². The van der Waals surface area contributed by atoms with E-state index in [1.807, 2.05) is 13.8 Å². The van der Waals surface area contributed by atoms with Crippen molar-refractivity contribution in [3.8, 4) is 0 Å². The van der Waals surface area contributed by atoms with Gasteiger partial charge < -0.3 is 5.73 Å². The molecule has 4 nitrogen and oxygen atoms in total. The Bertz CT molecular complexity index is 488. The van der Waals surface area contributed by atoms with Crippen LogP contribution in [0.25, 0.3) is 0 Å². The van der Waals surface area contributed by atoms with Crippen LogP contribution in [0.15, 0.2) is 27.6 Å². The molecule has 1 unspecified atom stereocenters. The summed E-state index contributed by atoms with van der Waals surface area (Å²) in [6, 6.07) is 4.93. The second-order valence-electron chi connectivity index (χ2n) is 3.90. The van der Waals surface area contributed by atoms with E-state index in [1.165, 1.54) is 0 Å². The summed E-state index contributed by atoms with van der Waals surface area (Å²) in [5.74, 6) is 0. The molecule has 3 N–H and O–H groups in total. The average Bonchev–Trinajstić information content (AvgIpc) is 2.27. The van der Waals surface area contributed by atoms with E-state index in [0.29, 0.717) is 11.0 Å². The molecule has 0 aliphatic carbocycles. The zero-order valence-electron chi connectivity index (χ0n) is 9.90. The van der Waals surface area contributed by atoms with E-state index in [1.54, 1.807) is 18.2 Å². The third-order valence-corrected chi connectivity index (χ3v) is 5.06. The van der Waals surface area contributed by atoms with Gasteiger partial charge in [-0.25, -0.2) is 13.1 Å². The zero-order valence-corrected chi connectivity index (χ0v) is 12.3. The van der Waals surface area contributed by atoms with Crippen molar-refractivity contribution in [2.75, 3.05) is 0 Å². The minimum atomic E-state index is -3.46. The van der Waals surface area contributed by atoms with Crippen molar-refractivity contribution in [1.82, 2.24) is 4.72 Å². The summed E-state index contributed by atoms with van der Waals surface area (Å²) in [6.45, 7) is 4.15. The predicted octanol–water partition coefficient (Wildman–Crippen LogP) is 1.98. The number of benzene rings is 1. The Hall–Kier alpha value is -0.430. The van der Waals surface area contributed by atoms with Gasteiger partial charge in [-0.2, -0.15) is 0 Å². The highest BCUT2D eigenvalue weighted by Crippen LogP contribution is 2.23. The van der Waals surface area contributed by atoms with Gasteiger partial charge in [-0.3, -0.25) is 0 Å². The largest absolute Gasteiger partial charge is 0.326 e. The molecular weight excluding hydrogens is 304 g/mol. The summed E-state index contributed by atoms with van der Waals surface area (Å²) in [5, 5.41) is 0. The van der Waals surface area contributed by atoms with Crippen molar-refractivity contribution in [3.63, 3.8) is 0 Å². The first kappa shape index (κ1) is 14.6. The third-order valence-electron chi connectivity index (χ3n) is 2.49. The van der Waals surface area contributed by atoms with Crippen LogP contribution in [0.4, 0.5) is 0 Å². The lowest BCUT2D eigenvalue weighted by atomic mass is 10.2. The lowest BCUT2D eigenvalue weighted by molar-refractivity contribution is 0.555. The lowest BCUT2D eigenvalue weighted by Crippen LogP contribution is -2.32. The SMILES string of the molecule is CCC(C)NS(=O)(=O)c1ccc(CN)cc1Br. The molecule has 0 aliphatic rings. The van der Waals surface area contributed by atoms with Crippen LogP contribution in [0.2, 0.25) is 0 Å². The fourth-order valence-electron chi connectivity index (χ4n) is 1.30. The Kier molecular flexibility index (Phi) is 5.12. The van der Waals surface area contributed by atoms with E-state index < -0.39 is 10.0 Å². The molecule has 6 heteroatoms. The molecule has 1 atom stereocenters. The van der Waals surface area contributed by atoms with Crippen LogP contribution < -0.4 is 10.5 Å². The first-order valence-corrected chi connectivity index (χ1v) is 7.69. The van der Waals surface area contributed by atoms with E-state index in [0.717, 1.165) is 12.0 Å². The van der Waals surface area contributed by atoms with E-state index in [4.69, 9.17) is 5.73 Å². The van der Waals surface area contributed by atoms with Crippen molar-refractivity contribution in [1.29, 1.82) is 0 Å². The van der Waals surface area contributed by atoms with Crippen LogP contribution in [-0.4, -0.2) is 14.5 Å². The van der Waals surface area contributed by atoms with E-state index in [9.17, 15) is 8.42 Å². The molecule has 0 amide bonds. The molecular formula is C11H17BrN2O2S. The number of hydrogen-bond donors (Lipinski definition) is 2. The monoisotopic (exact) mass is 320 g/mol. The van der Waals surface area contributed by atoms with Crippen LogP contribution in [-0.2, 0) is 16.6 Å². The second kappa shape index (κ2) is 5.95. The molecule has 0 aromatic heterocycles. The maximum atomic E-state index is 12.0. The van der Waals surface area contributed by atoms with Crippen LogP contribution in [0, 0.1) is 0 Å². The van der Waals surface area contributed by atoms with Crippen LogP contribution in [0.3, 0.4) is 0 Å². The van der Waals surface area contributed by atoms with Crippen LogP contribution in [0.1, 0.15) is 25.8 Å². The normalized spacial score (nSPS) is 13.6. The molecule has 0 fully saturated rings. The Morgan fingerprint density at radius 1 is 1.47 bits per heavy atom. The fraction of sp³-hybridized carbons (Fsp3) is 0.455. The van der Waals surface area contributed by atoms with Gasteiger partial charge in [-0.1, -0.05) is 13.0 Å². The molecule has 0 bridgehead atoms. The van der Waals surface area contributed by atoms with Crippen molar-refractivity contribution in [2.45, 2.75) is 37.8 Å². The molecule has 0 saturated heterocycles. The molecule has 0 heterocycles. The van der Waals surface area contributed by atoms with E-state index in [-0.39, 0.29) is 10.9 Å². The Morgan fingerprint density at radius 3 is 2.59 bits per heavy atom. The molecule has 1 aromatic rings. The highest BCUT2D eigenvalue weighted by Gasteiger charge is 2.19. The van der Waals surface area contributed by atoms with Crippen LogP contribution in [0.5, 0.6) is 0 Å². The lowest BCUT2D eigenvalue weighted by Gasteiger charge is -2.13. The molecule has 0 spiro atoms. The Morgan fingerprint density at radius 2 is 2.12 bits per heavy atom. The Labute approximate surface area is 111 Å². The number of nitrogens with two attached hydrogens (primary N) is 1. The number of halogens is 1. The summed E-state index contributed by atoms with van der Waals surface area (Å²) in [7, 11) is -3.46. The summed E-state index contributed by atoms with van der Waals surface area (Å²) in [5.41, 5.74) is 6.38. The maximum Gasteiger partial charge on any atom is 0.241 e. The van der Waals surface area contributed by atoms with Crippen molar-refractivity contribution in [3.05, 3.63) is 28.2 Å². The van der Waals surface area contributed by atoms with Crippen molar-refractivity contribution >= 4 is 26.0 Å². The van der Waals surface area contributed by atoms with Crippen LogP contribution >= 0.6 is 15.9 Å². The highest BCUT2D eigenvalue weighted by molar-refractivity contribution is 9.10. The van der Waals surface area contributed by atoms with Gasteiger partial charge in [0.15, 0.2) is 0 Å². The molecule has 1 rings (SSSR count). The van der Waals surface area contributed by atoms with Crippen molar-refractivity contribution < 1.29 is 8.42 Å². The summed E-state index contributed by atoms with van der Waals surface area (Å²) < 4.78 is 27.2. The molecule has 1 aromatic carbocycles. The molecule has 17 heavy (non-hydrogen) atoms. The smallest absolute Gasteiger partial charge is 0.241 e. The van der Waals surface area contributed by atoms with Gasteiger partial charge in [0.25, 0.3) is 0 Å².